The Bertz CT molecular complexity index is 1500. The highest BCUT2D eigenvalue weighted by atomic mass is 35.5. The summed E-state index contributed by atoms with van der Waals surface area (Å²) in [5.74, 6) is 0.926. The Balaban J connectivity index is 1.63. The van der Waals surface area contributed by atoms with E-state index in [4.69, 9.17) is 26.1 Å². The summed E-state index contributed by atoms with van der Waals surface area (Å²) in [6, 6.07) is 14.6. The lowest BCUT2D eigenvalue weighted by atomic mass is 9.71. The summed E-state index contributed by atoms with van der Waals surface area (Å²) < 4.78 is 12.4. The first-order chi connectivity index (χ1) is 19.0. The van der Waals surface area contributed by atoms with Gasteiger partial charge < -0.3 is 14.8 Å². The molecule has 0 saturated carbocycles. The monoisotopic (exact) mass is 560 g/mol. The lowest BCUT2D eigenvalue weighted by Crippen LogP contribution is -2.66. The number of hydrogen-bond acceptors (Lipinski definition) is 5. The number of aryl methyl sites for hydroxylation is 1. The summed E-state index contributed by atoms with van der Waals surface area (Å²) in [5, 5.41) is 3.64. The molecule has 0 aromatic heterocycles. The van der Waals surface area contributed by atoms with E-state index in [1.54, 1.807) is 16.9 Å². The molecular weight excluding hydrogens is 528 g/mol. The summed E-state index contributed by atoms with van der Waals surface area (Å²) in [7, 11) is 1.58. The zero-order chi connectivity index (χ0) is 28.6. The molecule has 40 heavy (non-hydrogen) atoms. The molecule has 3 amide bonds. The van der Waals surface area contributed by atoms with Gasteiger partial charge in [0.15, 0.2) is 0 Å². The Labute approximate surface area is 239 Å². The van der Waals surface area contributed by atoms with Gasteiger partial charge in [0.25, 0.3) is 0 Å². The van der Waals surface area contributed by atoms with Crippen molar-refractivity contribution in [3.05, 3.63) is 93.5 Å². The van der Waals surface area contributed by atoms with Gasteiger partial charge in [0.2, 0.25) is 5.91 Å². The molecule has 1 aliphatic carbocycles. The smallest absolute Gasteiger partial charge is 0.330 e. The summed E-state index contributed by atoms with van der Waals surface area (Å²) in [4.78, 5) is 36.2. The number of carbonyl (C=O) groups is 2. The van der Waals surface area contributed by atoms with Crippen molar-refractivity contribution < 1.29 is 19.1 Å². The van der Waals surface area contributed by atoms with Crippen LogP contribution in [-0.2, 0) is 14.3 Å². The van der Waals surface area contributed by atoms with Crippen molar-refractivity contribution in [2.75, 3.05) is 13.7 Å². The van der Waals surface area contributed by atoms with Crippen LogP contribution in [0.5, 0.6) is 0 Å². The number of urea groups is 1. The maximum atomic E-state index is 14.5. The van der Waals surface area contributed by atoms with Crippen LogP contribution in [-0.4, -0.2) is 52.9 Å². The number of halogens is 1. The predicted molar refractivity (Wildman–Crippen MR) is 152 cm³/mol. The third kappa shape index (κ3) is 3.80. The fraction of sp³-hybridized carbons (Fsp3) is 0.387. The number of carbonyl (C=O) groups excluding carboxylic acids is 2. The van der Waals surface area contributed by atoms with Crippen molar-refractivity contribution in [1.82, 2.24) is 15.1 Å². The number of aliphatic imine (C=N–C) groups is 1. The second-order valence-electron chi connectivity index (χ2n) is 11.4. The molecule has 3 aliphatic heterocycles. The van der Waals surface area contributed by atoms with Crippen LogP contribution >= 0.6 is 11.6 Å². The van der Waals surface area contributed by atoms with Crippen LogP contribution in [0.15, 0.2) is 76.8 Å². The van der Waals surface area contributed by atoms with Gasteiger partial charge in [-0.3, -0.25) is 19.6 Å². The molecule has 0 radical (unpaired) electrons. The molecule has 4 aliphatic rings. The quantitative estimate of drug-likeness (QED) is 0.512. The maximum Gasteiger partial charge on any atom is 0.330 e. The molecule has 2 aromatic carbocycles. The van der Waals surface area contributed by atoms with Gasteiger partial charge in [-0.2, -0.15) is 0 Å². The molecule has 4 atom stereocenters. The lowest BCUT2D eigenvalue weighted by molar-refractivity contribution is -0.123. The van der Waals surface area contributed by atoms with Crippen LogP contribution in [0.3, 0.4) is 0 Å². The van der Waals surface area contributed by atoms with Crippen LogP contribution in [0.4, 0.5) is 4.79 Å². The van der Waals surface area contributed by atoms with Crippen LogP contribution < -0.4 is 5.32 Å². The highest BCUT2D eigenvalue weighted by Crippen LogP contribution is 2.57. The first-order valence-corrected chi connectivity index (χ1v) is 13.9. The Morgan fingerprint density at radius 2 is 1.70 bits per heavy atom. The molecule has 8 nitrogen and oxygen atoms in total. The van der Waals surface area contributed by atoms with E-state index in [2.05, 4.69) is 5.32 Å². The van der Waals surface area contributed by atoms with E-state index in [9.17, 15) is 9.59 Å². The van der Waals surface area contributed by atoms with Crippen LogP contribution in [0.1, 0.15) is 56.5 Å². The van der Waals surface area contributed by atoms with Crippen molar-refractivity contribution in [3.8, 4) is 0 Å². The van der Waals surface area contributed by atoms with Crippen molar-refractivity contribution >= 4 is 29.4 Å². The molecule has 9 heteroatoms. The Kier molecular flexibility index (Phi) is 6.12. The summed E-state index contributed by atoms with van der Waals surface area (Å²) in [5.41, 5.74) is 2.18. The molecule has 0 spiro atoms. The SMILES string of the molecule is COC1(C)C=C(OC(C)C)C2(C)C3=N[C@H](c4ccc(Cl)cc4)[C@H](c4ccc(C)cc4)N3C(=O)N3CC(=O)NC1=C32. The van der Waals surface area contributed by atoms with Crippen molar-refractivity contribution in [2.45, 2.75) is 58.4 Å². The zero-order valence-corrected chi connectivity index (χ0v) is 24.2. The second-order valence-corrected chi connectivity index (χ2v) is 11.9. The number of ether oxygens (including phenoxy) is 2. The fourth-order valence-electron chi connectivity index (χ4n) is 6.26. The van der Waals surface area contributed by atoms with Crippen molar-refractivity contribution in [3.63, 3.8) is 0 Å². The van der Waals surface area contributed by atoms with Gasteiger partial charge in [-0.15, -0.1) is 0 Å². The Hall–Kier alpha value is -3.62. The molecule has 0 bridgehead atoms. The first-order valence-electron chi connectivity index (χ1n) is 13.5. The van der Waals surface area contributed by atoms with Gasteiger partial charge >= 0.3 is 6.03 Å². The van der Waals surface area contributed by atoms with Crippen LogP contribution in [0.25, 0.3) is 0 Å². The van der Waals surface area contributed by atoms with Crippen molar-refractivity contribution in [1.29, 1.82) is 0 Å². The number of rotatable bonds is 5. The van der Waals surface area contributed by atoms with Gasteiger partial charge in [-0.05, 0) is 64.0 Å². The van der Waals surface area contributed by atoms with E-state index in [1.165, 1.54) is 0 Å². The highest BCUT2D eigenvalue weighted by molar-refractivity contribution is 6.30. The number of amidine groups is 1. The third-order valence-corrected chi connectivity index (χ3v) is 8.56. The van der Waals surface area contributed by atoms with E-state index in [-0.39, 0.29) is 24.6 Å². The van der Waals surface area contributed by atoms with E-state index in [0.29, 0.717) is 28.0 Å². The number of benzene rings is 2. The van der Waals surface area contributed by atoms with Crippen LogP contribution in [0.2, 0.25) is 5.02 Å². The molecule has 2 unspecified atom stereocenters. The number of nitrogens with one attached hydrogen (secondary N) is 1. The van der Waals surface area contributed by atoms with Gasteiger partial charge in [0.1, 0.15) is 35.2 Å². The van der Waals surface area contributed by atoms with Gasteiger partial charge in [0, 0.05) is 12.1 Å². The van der Waals surface area contributed by atoms with Crippen molar-refractivity contribution in [2.24, 2.45) is 10.4 Å². The van der Waals surface area contributed by atoms with Gasteiger partial charge in [-0.25, -0.2) is 4.79 Å². The minimum absolute atomic E-state index is 0.113. The normalized spacial score (nSPS) is 29.2. The van der Waals surface area contributed by atoms with Gasteiger partial charge in [0.05, 0.1) is 23.5 Å². The molecule has 2 aromatic rings. The van der Waals surface area contributed by atoms with E-state index >= 15 is 0 Å². The number of fused-ring (bicyclic) bond motifs is 2. The average Bonchev–Trinajstić information content (AvgIpc) is 3.32. The predicted octanol–water partition coefficient (Wildman–Crippen LogP) is 5.66. The fourth-order valence-corrected chi connectivity index (χ4v) is 6.39. The number of methoxy groups -OCH3 is 1. The molecule has 6 rings (SSSR count). The summed E-state index contributed by atoms with van der Waals surface area (Å²) >= 11 is 6.24. The van der Waals surface area contributed by atoms with E-state index < -0.39 is 23.1 Å². The third-order valence-electron chi connectivity index (χ3n) is 8.31. The molecule has 208 valence electrons. The Morgan fingerprint density at radius 3 is 2.33 bits per heavy atom. The summed E-state index contributed by atoms with van der Waals surface area (Å²) in [6.45, 7) is 9.73. The molecule has 1 fully saturated rings. The standard InChI is InChI=1S/C31H33ClN4O4/c1-17(2)40-22-15-30(4,39-6)26-27-31(22,5)28-34-24(19-11-13-21(32)14-12-19)25(20-9-7-18(3)8-10-20)36(28)29(38)35(27)16-23(37)33-26/h7-15,17,24-25H,16H2,1-6H3,(H,33,37)/t24-,25+,30?,31?/m1/s1. The van der Waals surface area contributed by atoms with E-state index in [0.717, 1.165) is 16.7 Å². The lowest BCUT2D eigenvalue weighted by Gasteiger charge is -2.54. The average molecular weight is 561 g/mol. The zero-order valence-electron chi connectivity index (χ0n) is 23.5. The minimum Gasteiger partial charge on any atom is -0.494 e. The second kappa shape index (κ2) is 9.21. The van der Waals surface area contributed by atoms with Crippen LogP contribution in [0, 0.1) is 12.3 Å². The largest absolute Gasteiger partial charge is 0.494 e. The minimum atomic E-state index is -1.01. The molecular formula is C31H33ClN4O4. The summed E-state index contributed by atoms with van der Waals surface area (Å²) in [6.07, 6.45) is 1.76. The molecule has 3 heterocycles. The Morgan fingerprint density at radius 1 is 1.05 bits per heavy atom. The topological polar surface area (TPSA) is 83.5 Å². The maximum absolute atomic E-state index is 14.5. The number of hydrogen-bond donors (Lipinski definition) is 1. The number of nitrogens with zero attached hydrogens (tertiary/aromatic N) is 3. The highest BCUT2D eigenvalue weighted by Gasteiger charge is 2.63. The molecule has 1 saturated heterocycles. The number of amides is 3. The first kappa shape index (κ1) is 26.6. The van der Waals surface area contributed by atoms with Gasteiger partial charge in [-0.1, -0.05) is 53.6 Å². The van der Waals surface area contributed by atoms with E-state index in [1.807, 2.05) is 89.2 Å². The molecule has 1 N–H and O–H groups in total.